The monoisotopic (exact) mass is 231 g/mol. The van der Waals surface area contributed by atoms with E-state index in [0.717, 1.165) is 12.0 Å². The highest BCUT2D eigenvalue weighted by atomic mass is 16.2. The molecule has 0 fully saturated rings. The maximum atomic E-state index is 11.5. The van der Waals surface area contributed by atoms with Crippen molar-refractivity contribution in [1.82, 2.24) is 5.32 Å². The number of hydrogen-bond donors (Lipinski definition) is 2. The molecule has 0 aromatic heterocycles. The summed E-state index contributed by atoms with van der Waals surface area (Å²) in [4.78, 5) is 11.5. The molecule has 0 heterocycles. The first-order chi connectivity index (χ1) is 8.17. The number of nitrogens with zero attached hydrogens (tertiary/aromatic N) is 1. The fourth-order valence-electron chi connectivity index (χ4n) is 1.46. The number of benzene rings is 1. The number of rotatable bonds is 5. The van der Waals surface area contributed by atoms with Crippen molar-refractivity contribution in [2.75, 3.05) is 0 Å². The second-order valence-corrected chi connectivity index (χ2v) is 3.92. The largest absolute Gasteiger partial charge is 0.351 e. The minimum Gasteiger partial charge on any atom is -0.351 e. The first-order valence-corrected chi connectivity index (χ1v) is 5.69. The molecule has 1 aromatic rings. The highest BCUT2D eigenvalue weighted by molar-refractivity contribution is 5.81. The third kappa shape index (κ3) is 4.25. The third-order valence-electron chi connectivity index (χ3n) is 2.49. The molecule has 0 saturated heterocycles. The van der Waals surface area contributed by atoms with Gasteiger partial charge in [-0.1, -0.05) is 25.5 Å². The number of carbonyl (C=O) groups is 1. The Morgan fingerprint density at radius 1 is 1.47 bits per heavy atom. The summed E-state index contributed by atoms with van der Waals surface area (Å²) in [6, 6.07) is 8.72. The summed E-state index contributed by atoms with van der Waals surface area (Å²) >= 11 is 0. The molecule has 1 amide bonds. The van der Waals surface area contributed by atoms with Gasteiger partial charge in [0.1, 0.15) is 0 Å². The van der Waals surface area contributed by atoms with Crippen LogP contribution in [0.5, 0.6) is 0 Å². The molecule has 1 atom stereocenters. The van der Waals surface area contributed by atoms with Crippen LogP contribution in [-0.2, 0) is 11.3 Å². The molecule has 4 heteroatoms. The topological polar surface area (TPSA) is 78.9 Å². The van der Waals surface area contributed by atoms with Gasteiger partial charge in [0.25, 0.3) is 0 Å². The Morgan fingerprint density at radius 3 is 2.65 bits per heavy atom. The Labute approximate surface area is 101 Å². The molecule has 0 aliphatic heterocycles. The minimum absolute atomic E-state index is 0.129. The van der Waals surface area contributed by atoms with Gasteiger partial charge in [0.05, 0.1) is 17.7 Å². The second-order valence-electron chi connectivity index (χ2n) is 3.92. The van der Waals surface area contributed by atoms with Crippen LogP contribution in [0.25, 0.3) is 0 Å². The van der Waals surface area contributed by atoms with Crippen LogP contribution in [0, 0.1) is 11.3 Å². The van der Waals surface area contributed by atoms with Crippen molar-refractivity contribution in [1.29, 1.82) is 5.26 Å². The number of carbonyl (C=O) groups excluding carboxylic acids is 1. The van der Waals surface area contributed by atoms with Crippen LogP contribution in [0.4, 0.5) is 0 Å². The SMILES string of the molecule is CCCC(N)C(=O)NCc1ccc(C#N)cc1. The summed E-state index contributed by atoms with van der Waals surface area (Å²) in [5.74, 6) is -0.129. The first-order valence-electron chi connectivity index (χ1n) is 5.69. The lowest BCUT2D eigenvalue weighted by molar-refractivity contribution is -0.122. The lowest BCUT2D eigenvalue weighted by Crippen LogP contribution is -2.40. The molecule has 0 bridgehead atoms. The van der Waals surface area contributed by atoms with Gasteiger partial charge in [-0.15, -0.1) is 0 Å². The minimum atomic E-state index is -0.432. The van der Waals surface area contributed by atoms with Crippen molar-refractivity contribution in [3.8, 4) is 6.07 Å². The van der Waals surface area contributed by atoms with E-state index in [4.69, 9.17) is 11.0 Å². The maximum absolute atomic E-state index is 11.5. The lowest BCUT2D eigenvalue weighted by atomic mass is 10.1. The highest BCUT2D eigenvalue weighted by Gasteiger charge is 2.11. The van der Waals surface area contributed by atoms with E-state index in [-0.39, 0.29) is 5.91 Å². The van der Waals surface area contributed by atoms with Crippen molar-refractivity contribution in [2.24, 2.45) is 5.73 Å². The van der Waals surface area contributed by atoms with Crippen LogP contribution < -0.4 is 11.1 Å². The fraction of sp³-hybridized carbons (Fsp3) is 0.385. The Kier molecular flexibility index (Phi) is 5.18. The van der Waals surface area contributed by atoms with E-state index < -0.39 is 6.04 Å². The molecule has 1 aromatic carbocycles. The van der Waals surface area contributed by atoms with Gasteiger partial charge in [0.15, 0.2) is 0 Å². The van der Waals surface area contributed by atoms with Crippen molar-refractivity contribution in [2.45, 2.75) is 32.4 Å². The van der Waals surface area contributed by atoms with Gasteiger partial charge in [-0.25, -0.2) is 0 Å². The van der Waals surface area contributed by atoms with E-state index in [2.05, 4.69) is 5.32 Å². The molecule has 90 valence electrons. The van der Waals surface area contributed by atoms with Crippen LogP contribution in [0.2, 0.25) is 0 Å². The zero-order valence-corrected chi connectivity index (χ0v) is 9.94. The normalized spacial score (nSPS) is 11.6. The predicted octanol–water partition coefficient (Wildman–Crippen LogP) is 1.30. The number of amides is 1. The van der Waals surface area contributed by atoms with Gasteiger partial charge in [-0.3, -0.25) is 4.79 Å². The van der Waals surface area contributed by atoms with Crippen molar-refractivity contribution in [3.63, 3.8) is 0 Å². The number of hydrogen-bond acceptors (Lipinski definition) is 3. The van der Waals surface area contributed by atoms with E-state index in [1.54, 1.807) is 12.1 Å². The van der Waals surface area contributed by atoms with Crippen LogP contribution in [-0.4, -0.2) is 11.9 Å². The summed E-state index contributed by atoms with van der Waals surface area (Å²) < 4.78 is 0. The first kappa shape index (κ1) is 13.2. The molecule has 0 saturated carbocycles. The summed E-state index contributed by atoms with van der Waals surface area (Å²) in [5, 5.41) is 11.4. The van der Waals surface area contributed by atoms with Crippen LogP contribution >= 0.6 is 0 Å². The smallest absolute Gasteiger partial charge is 0.237 e. The predicted molar refractivity (Wildman–Crippen MR) is 65.9 cm³/mol. The average molecular weight is 231 g/mol. The van der Waals surface area contributed by atoms with Crippen molar-refractivity contribution >= 4 is 5.91 Å². The molecular weight excluding hydrogens is 214 g/mol. The van der Waals surface area contributed by atoms with Gasteiger partial charge in [0.2, 0.25) is 5.91 Å². The van der Waals surface area contributed by atoms with Crippen LogP contribution in [0.1, 0.15) is 30.9 Å². The summed E-state index contributed by atoms with van der Waals surface area (Å²) in [6.07, 6.45) is 1.59. The zero-order chi connectivity index (χ0) is 12.7. The lowest BCUT2D eigenvalue weighted by Gasteiger charge is -2.11. The van der Waals surface area contributed by atoms with Crippen molar-refractivity contribution < 1.29 is 4.79 Å². The molecule has 3 N–H and O–H groups in total. The van der Waals surface area contributed by atoms with E-state index >= 15 is 0 Å². The molecule has 0 spiro atoms. The Hall–Kier alpha value is -1.86. The Morgan fingerprint density at radius 2 is 2.12 bits per heavy atom. The van der Waals surface area contributed by atoms with Gasteiger partial charge < -0.3 is 11.1 Å². The van der Waals surface area contributed by atoms with E-state index in [1.165, 1.54) is 0 Å². The molecule has 4 nitrogen and oxygen atoms in total. The molecule has 0 aliphatic rings. The number of nitriles is 1. The fourth-order valence-corrected chi connectivity index (χ4v) is 1.46. The Bertz CT molecular complexity index is 406. The van der Waals surface area contributed by atoms with E-state index in [0.29, 0.717) is 18.5 Å². The summed E-state index contributed by atoms with van der Waals surface area (Å²) in [6.45, 7) is 2.44. The maximum Gasteiger partial charge on any atom is 0.237 e. The molecule has 1 unspecified atom stereocenters. The molecule has 0 radical (unpaired) electrons. The van der Waals surface area contributed by atoms with Crippen LogP contribution in [0.3, 0.4) is 0 Å². The highest BCUT2D eigenvalue weighted by Crippen LogP contribution is 2.03. The van der Waals surface area contributed by atoms with Gasteiger partial charge in [-0.2, -0.15) is 5.26 Å². The van der Waals surface area contributed by atoms with E-state index in [9.17, 15) is 4.79 Å². The molecule has 0 aliphatic carbocycles. The molecular formula is C13H17N3O. The standard InChI is InChI=1S/C13H17N3O/c1-2-3-12(15)13(17)16-9-11-6-4-10(8-14)5-7-11/h4-7,12H,2-3,9,15H2,1H3,(H,16,17). The third-order valence-corrected chi connectivity index (χ3v) is 2.49. The Balaban J connectivity index is 2.45. The molecule has 17 heavy (non-hydrogen) atoms. The van der Waals surface area contributed by atoms with Gasteiger partial charge >= 0.3 is 0 Å². The second kappa shape index (κ2) is 6.66. The quantitative estimate of drug-likeness (QED) is 0.801. The molecule has 1 rings (SSSR count). The zero-order valence-electron chi connectivity index (χ0n) is 9.94. The van der Waals surface area contributed by atoms with E-state index in [1.807, 2.05) is 25.1 Å². The summed E-state index contributed by atoms with van der Waals surface area (Å²) in [7, 11) is 0. The van der Waals surface area contributed by atoms with Gasteiger partial charge in [-0.05, 0) is 24.1 Å². The van der Waals surface area contributed by atoms with Crippen LogP contribution in [0.15, 0.2) is 24.3 Å². The number of nitrogens with one attached hydrogen (secondary N) is 1. The average Bonchev–Trinajstić information content (AvgIpc) is 2.36. The summed E-state index contributed by atoms with van der Waals surface area (Å²) in [5.41, 5.74) is 7.26. The van der Waals surface area contributed by atoms with Crippen molar-refractivity contribution in [3.05, 3.63) is 35.4 Å². The van der Waals surface area contributed by atoms with Gasteiger partial charge in [0, 0.05) is 6.54 Å². The number of nitrogens with two attached hydrogens (primary N) is 1.